The summed E-state index contributed by atoms with van der Waals surface area (Å²) in [7, 11) is 0. The molecule has 2 rings (SSSR count). The zero-order valence-electron chi connectivity index (χ0n) is 14.5. The number of hydrogen-bond donors (Lipinski definition) is 3. The van der Waals surface area contributed by atoms with Gasteiger partial charge in [-0.2, -0.15) is 0 Å². The lowest BCUT2D eigenvalue weighted by atomic mass is 10.1. The van der Waals surface area contributed by atoms with E-state index < -0.39 is 6.03 Å². The van der Waals surface area contributed by atoms with Crippen molar-refractivity contribution in [3.63, 3.8) is 0 Å². The molecular weight excluding hydrogens is 330 g/mol. The number of anilines is 2. The number of amides is 2. The van der Waals surface area contributed by atoms with Gasteiger partial charge in [-0.05, 0) is 43.0 Å². The van der Waals surface area contributed by atoms with E-state index in [0.29, 0.717) is 5.69 Å². The Bertz CT molecular complexity index is 648. The highest BCUT2D eigenvalue weighted by atomic mass is 32.1. The van der Waals surface area contributed by atoms with Crippen LogP contribution in [0.3, 0.4) is 0 Å². The molecule has 0 spiro atoms. The van der Waals surface area contributed by atoms with Gasteiger partial charge in [0.05, 0.1) is 5.69 Å². The molecule has 0 bridgehead atoms. The second kappa shape index (κ2) is 10.7. The van der Waals surface area contributed by atoms with E-state index in [0.717, 1.165) is 23.0 Å². The zero-order chi connectivity index (χ0) is 17.9. The van der Waals surface area contributed by atoms with Crippen LogP contribution in [0.5, 0.6) is 0 Å². The molecule has 0 aromatic heterocycles. The summed E-state index contributed by atoms with van der Waals surface area (Å²) in [4.78, 5) is 11.1. The highest BCUT2D eigenvalue weighted by Gasteiger charge is 2.07. The van der Waals surface area contributed by atoms with E-state index in [-0.39, 0.29) is 0 Å². The number of hydrogen-bond acceptors (Lipinski definition) is 3. The number of aryl methyl sites for hydroxylation is 1. The molecule has 0 saturated heterocycles. The van der Waals surface area contributed by atoms with Gasteiger partial charge in [-0.1, -0.05) is 68.5 Å². The average molecular weight is 358 g/mol. The SMILES string of the molecule is NC(=O)N(S)c1cccc(NCCCCCCCc2ccccc2)c1. The maximum Gasteiger partial charge on any atom is 0.329 e. The van der Waals surface area contributed by atoms with Gasteiger partial charge in [0.15, 0.2) is 0 Å². The fourth-order valence-corrected chi connectivity index (χ4v) is 2.86. The van der Waals surface area contributed by atoms with E-state index in [9.17, 15) is 4.79 Å². The summed E-state index contributed by atoms with van der Waals surface area (Å²) < 4.78 is 1.14. The van der Waals surface area contributed by atoms with E-state index >= 15 is 0 Å². The minimum absolute atomic E-state index is 0.587. The van der Waals surface area contributed by atoms with Crippen molar-refractivity contribution < 1.29 is 4.79 Å². The standard InChI is InChI=1S/C20H27N3OS/c21-20(24)23(25)19-14-9-13-18(16-19)22-15-8-3-1-2-5-10-17-11-6-4-7-12-17/h4,6-7,9,11-14,16,22,25H,1-3,5,8,10,15H2,(H2,21,24). The van der Waals surface area contributed by atoms with Gasteiger partial charge >= 0.3 is 6.03 Å². The number of unbranched alkanes of at least 4 members (excludes halogenated alkanes) is 4. The zero-order valence-corrected chi connectivity index (χ0v) is 15.4. The monoisotopic (exact) mass is 357 g/mol. The van der Waals surface area contributed by atoms with E-state index in [4.69, 9.17) is 5.73 Å². The first kappa shape index (κ1) is 19.2. The Hall–Kier alpha value is -2.14. The van der Waals surface area contributed by atoms with Gasteiger partial charge in [-0.3, -0.25) is 0 Å². The molecule has 2 aromatic rings. The summed E-state index contributed by atoms with van der Waals surface area (Å²) in [6.07, 6.45) is 7.33. The number of thiol groups is 1. The van der Waals surface area contributed by atoms with E-state index in [1.807, 2.05) is 18.2 Å². The molecule has 4 nitrogen and oxygen atoms in total. The average Bonchev–Trinajstić information content (AvgIpc) is 2.64. The predicted octanol–water partition coefficient (Wildman–Crippen LogP) is 5.02. The molecule has 25 heavy (non-hydrogen) atoms. The van der Waals surface area contributed by atoms with Crippen molar-refractivity contribution in [1.82, 2.24) is 0 Å². The first-order chi connectivity index (χ1) is 12.2. The van der Waals surface area contributed by atoms with Gasteiger partial charge in [0.1, 0.15) is 0 Å². The van der Waals surface area contributed by atoms with Gasteiger partial charge in [0.2, 0.25) is 0 Å². The minimum Gasteiger partial charge on any atom is -0.385 e. The third-order valence-corrected chi connectivity index (χ3v) is 4.54. The topological polar surface area (TPSA) is 58.4 Å². The van der Waals surface area contributed by atoms with Crippen molar-refractivity contribution in [3.8, 4) is 0 Å². The van der Waals surface area contributed by atoms with Crippen LogP contribution in [0.1, 0.15) is 37.7 Å². The van der Waals surface area contributed by atoms with Crippen LogP contribution in [0.4, 0.5) is 16.2 Å². The van der Waals surface area contributed by atoms with Crippen molar-refractivity contribution in [2.24, 2.45) is 5.73 Å². The van der Waals surface area contributed by atoms with Gasteiger partial charge < -0.3 is 11.1 Å². The highest BCUT2D eigenvalue weighted by molar-refractivity contribution is 7.82. The second-order valence-corrected chi connectivity index (χ2v) is 6.53. The van der Waals surface area contributed by atoms with Gasteiger partial charge in [-0.15, -0.1) is 0 Å². The van der Waals surface area contributed by atoms with Gasteiger partial charge in [0.25, 0.3) is 0 Å². The minimum atomic E-state index is -0.587. The van der Waals surface area contributed by atoms with Crippen LogP contribution in [-0.2, 0) is 6.42 Å². The molecular formula is C20H27N3OS. The Morgan fingerprint density at radius 2 is 1.68 bits per heavy atom. The fraction of sp³-hybridized carbons (Fsp3) is 0.350. The third-order valence-electron chi connectivity index (χ3n) is 4.11. The molecule has 2 aromatic carbocycles. The molecule has 0 aliphatic heterocycles. The number of rotatable bonds is 10. The van der Waals surface area contributed by atoms with E-state index in [1.54, 1.807) is 6.07 Å². The number of nitrogens with one attached hydrogen (secondary N) is 1. The Labute approximate surface area is 156 Å². The van der Waals surface area contributed by atoms with Crippen LogP contribution in [0.25, 0.3) is 0 Å². The lowest BCUT2D eigenvalue weighted by Gasteiger charge is -2.14. The van der Waals surface area contributed by atoms with Crippen LogP contribution < -0.4 is 15.4 Å². The first-order valence-corrected chi connectivity index (χ1v) is 9.23. The first-order valence-electron chi connectivity index (χ1n) is 8.83. The Kier molecular flexibility index (Phi) is 8.19. The summed E-state index contributed by atoms with van der Waals surface area (Å²) in [6.45, 7) is 0.922. The van der Waals surface area contributed by atoms with Crippen LogP contribution >= 0.6 is 12.8 Å². The fourth-order valence-electron chi connectivity index (χ4n) is 2.74. The normalized spacial score (nSPS) is 10.4. The van der Waals surface area contributed by atoms with E-state index in [2.05, 4.69) is 48.5 Å². The Morgan fingerprint density at radius 1 is 0.960 bits per heavy atom. The summed E-state index contributed by atoms with van der Waals surface area (Å²) in [5.74, 6) is 0. The smallest absolute Gasteiger partial charge is 0.329 e. The maximum atomic E-state index is 11.1. The lowest BCUT2D eigenvalue weighted by Crippen LogP contribution is -2.27. The quantitative estimate of drug-likeness (QED) is 0.413. The molecule has 5 heteroatoms. The Morgan fingerprint density at radius 3 is 2.44 bits per heavy atom. The molecule has 0 fully saturated rings. The van der Waals surface area contributed by atoms with Crippen molar-refractivity contribution in [3.05, 3.63) is 60.2 Å². The summed E-state index contributed by atoms with van der Waals surface area (Å²) >= 11 is 4.08. The van der Waals surface area contributed by atoms with Crippen LogP contribution in [0.2, 0.25) is 0 Å². The summed E-state index contributed by atoms with van der Waals surface area (Å²) in [5, 5.41) is 3.38. The van der Waals surface area contributed by atoms with Crippen molar-refractivity contribution >= 4 is 30.2 Å². The van der Waals surface area contributed by atoms with Crippen LogP contribution in [-0.4, -0.2) is 12.6 Å². The number of benzene rings is 2. The third kappa shape index (κ3) is 7.10. The second-order valence-electron chi connectivity index (χ2n) is 6.13. The molecule has 0 heterocycles. The summed E-state index contributed by atoms with van der Waals surface area (Å²) in [6, 6.07) is 17.6. The molecule has 0 atom stereocenters. The molecule has 0 saturated carbocycles. The number of carbonyl (C=O) groups is 1. The molecule has 0 aliphatic carbocycles. The molecule has 0 radical (unpaired) electrons. The number of carbonyl (C=O) groups excluding carboxylic acids is 1. The molecule has 0 aliphatic rings. The molecule has 3 N–H and O–H groups in total. The number of primary amides is 1. The van der Waals surface area contributed by atoms with Crippen LogP contribution in [0.15, 0.2) is 54.6 Å². The van der Waals surface area contributed by atoms with Crippen LogP contribution in [0, 0.1) is 0 Å². The largest absolute Gasteiger partial charge is 0.385 e. The van der Waals surface area contributed by atoms with Crippen molar-refractivity contribution in [1.29, 1.82) is 0 Å². The maximum absolute atomic E-state index is 11.1. The molecule has 2 amide bonds. The van der Waals surface area contributed by atoms with Crippen molar-refractivity contribution in [2.45, 2.75) is 38.5 Å². The lowest BCUT2D eigenvalue weighted by molar-refractivity contribution is 0.257. The molecule has 134 valence electrons. The number of nitrogens with two attached hydrogens (primary N) is 1. The number of urea groups is 1. The predicted molar refractivity (Wildman–Crippen MR) is 109 cm³/mol. The molecule has 0 unspecified atom stereocenters. The number of nitrogens with zero attached hydrogens (tertiary/aromatic N) is 1. The van der Waals surface area contributed by atoms with Crippen molar-refractivity contribution in [2.75, 3.05) is 16.2 Å². The van der Waals surface area contributed by atoms with Gasteiger partial charge in [-0.25, -0.2) is 9.10 Å². The highest BCUT2D eigenvalue weighted by Crippen LogP contribution is 2.20. The van der Waals surface area contributed by atoms with Gasteiger partial charge in [0, 0.05) is 12.2 Å². The summed E-state index contributed by atoms with van der Waals surface area (Å²) in [5.41, 5.74) is 8.30. The Balaban J connectivity index is 1.57. The van der Waals surface area contributed by atoms with E-state index in [1.165, 1.54) is 37.7 Å².